The summed E-state index contributed by atoms with van der Waals surface area (Å²) in [5, 5.41) is 5.19. The summed E-state index contributed by atoms with van der Waals surface area (Å²) in [5.74, 6) is 0. The van der Waals surface area contributed by atoms with E-state index in [9.17, 15) is 4.79 Å². The van der Waals surface area contributed by atoms with Crippen molar-refractivity contribution in [2.24, 2.45) is 5.73 Å². The fourth-order valence-corrected chi connectivity index (χ4v) is 1.05. The molecule has 1 aromatic carbocycles. The van der Waals surface area contributed by atoms with Gasteiger partial charge in [-0.25, -0.2) is 4.79 Å². The highest BCUT2D eigenvalue weighted by molar-refractivity contribution is 7.80. The second-order valence-electron chi connectivity index (χ2n) is 3.14. The van der Waals surface area contributed by atoms with Gasteiger partial charge in [0.15, 0.2) is 0 Å². The maximum Gasteiger partial charge on any atom is 0.319 e. The van der Waals surface area contributed by atoms with E-state index in [4.69, 9.17) is 5.73 Å². The van der Waals surface area contributed by atoms with E-state index in [1.54, 1.807) is 0 Å². The molecular formula is C10H13N3OS. The Hall–Kier alpha value is -1.62. The number of hydrogen-bond acceptors (Lipinski definition) is 2. The predicted molar refractivity (Wildman–Crippen MR) is 65.0 cm³/mol. The van der Waals surface area contributed by atoms with Crippen molar-refractivity contribution in [2.75, 3.05) is 11.9 Å². The van der Waals surface area contributed by atoms with E-state index >= 15 is 0 Å². The molecular weight excluding hydrogens is 210 g/mol. The first-order valence-corrected chi connectivity index (χ1v) is 4.88. The molecule has 4 nitrogen and oxygen atoms in total. The fourth-order valence-electron chi connectivity index (χ4n) is 0.980. The van der Waals surface area contributed by atoms with Gasteiger partial charge < -0.3 is 16.4 Å². The third-order valence-corrected chi connectivity index (χ3v) is 1.88. The summed E-state index contributed by atoms with van der Waals surface area (Å²) in [5.41, 5.74) is 7.12. The Morgan fingerprint density at radius 3 is 2.53 bits per heavy atom. The number of nitrogens with one attached hydrogen (secondary N) is 2. The lowest BCUT2D eigenvalue weighted by molar-refractivity contribution is 0.253. The van der Waals surface area contributed by atoms with Gasteiger partial charge in [-0.2, -0.15) is 0 Å². The average molecular weight is 223 g/mol. The molecule has 2 amide bonds. The molecule has 0 spiro atoms. The van der Waals surface area contributed by atoms with Crippen LogP contribution in [0.15, 0.2) is 24.3 Å². The van der Waals surface area contributed by atoms with Crippen molar-refractivity contribution in [1.29, 1.82) is 0 Å². The Bertz CT molecular complexity index is 361. The molecule has 80 valence electrons. The molecule has 15 heavy (non-hydrogen) atoms. The molecule has 0 radical (unpaired) electrons. The van der Waals surface area contributed by atoms with Crippen LogP contribution in [-0.2, 0) is 0 Å². The van der Waals surface area contributed by atoms with Gasteiger partial charge in [-0.1, -0.05) is 29.9 Å². The number of benzene rings is 1. The van der Waals surface area contributed by atoms with E-state index in [0.29, 0.717) is 0 Å². The molecule has 1 rings (SSSR count). The largest absolute Gasteiger partial charge is 0.392 e. The molecule has 0 atom stereocenters. The molecule has 1 aromatic rings. The molecule has 0 aliphatic heterocycles. The summed E-state index contributed by atoms with van der Waals surface area (Å²) in [4.78, 5) is 11.5. The van der Waals surface area contributed by atoms with Crippen molar-refractivity contribution < 1.29 is 4.79 Å². The quantitative estimate of drug-likeness (QED) is 0.679. The normalized spacial score (nSPS) is 9.40. The zero-order chi connectivity index (χ0) is 11.3. The van der Waals surface area contributed by atoms with E-state index in [-0.39, 0.29) is 17.6 Å². The number of anilines is 1. The zero-order valence-corrected chi connectivity index (χ0v) is 9.23. The highest BCUT2D eigenvalue weighted by Gasteiger charge is 2.00. The first kappa shape index (κ1) is 11.5. The summed E-state index contributed by atoms with van der Waals surface area (Å²) in [6, 6.07) is 7.18. The van der Waals surface area contributed by atoms with Crippen LogP contribution in [-0.4, -0.2) is 17.6 Å². The van der Waals surface area contributed by atoms with Gasteiger partial charge in [-0.05, 0) is 19.1 Å². The fraction of sp³-hybridized carbons (Fsp3) is 0.200. The monoisotopic (exact) mass is 223 g/mol. The molecule has 0 bridgehead atoms. The van der Waals surface area contributed by atoms with Crippen LogP contribution >= 0.6 is 12.2 Å². The van der Waals surface area contributed by atoms with Crippen LogP contribution in [0.4, 0.5) is 10.5 Å². The second kappa shape index (κ2) is 5.31. The van der Waals surface area contributed by atoms with Crippen LogP contribution in [0.1, 0.15) is 5.56 Å². The van der Waals surface area contributed by atoms with Crippen molar-refractivity contribution in [1.82, 2.24) is 5.32 Å². The minimum absolute atomic E-state index is 0.201. The molecule has 0 unspecified atom stereocenters. The standard InChI is InChI=1S/C10H13N3OS/c1-7-2-4-8(5-3-7)13-10(14)12-6-9(11)15/h2-5H,6H2,1H3,(H2,11,15)(H2,12,13,14). The minimum Gasteiger partial charge on any atom is -0.392 e. The van der Waals surface area contributed by atoms with E-state index < -0.39 is 0 Å². The third-order valence-electron chi connectivity index (χ3n) is 1.73. The van der Waals surface area contributed by atoms with Crippen LogP contribution in [0.25, 0.3) is 0 Å². The highest BCUT2D eigenvalue weighted by atomic mass is 32.1. The predicted octanol–water partition coefficient (Wildman–Crippen LogP) is 1.40. The Morgan fingerprint density at radius 1 is 1.40 bits per heavy atom. The SMILES string of the molecule is Cc1ccc(NC(=O)NCC(N)=S)cc1. The van der Waals surface area contributed by atoms with E-state index in [1.807, 2.05) is 31.2 Å². The maximum absolute atomic E-state index is 11.3. The van der Waals surface area contributed by atoms with Crippen LogP contribution in [0, 0.1) is 6.92 Å². The zero-order valence-electron chi connectivity index (χ0n) is 8.41. The Kier molecular flexibility index (Phi) is 4.05. The van der Waals surface area contributed by atoms with Gasteiger partial charge in [0.1, 0.15) is 0 Å². The number of hydrogen-bond donors (Lipinski definition) is 3. The van der Waals surface area contributed by atoms with Gasteiger partial charge in [0.05, 0.1) is 11.5 Å². The molecule has 0 heterocycles. The van der Waals surface area contributed by atoms with Crippen molar-refractivity contribution >= 4 is 28.9 Å². The molecule has 0 fully saturated rings. The van der Waals surface area contributed by atoms with Crippen LogP contribution < -0.4 is 16.4 Å². The van der Waals surface area contributed by atoms with Crippen molar-refractivity contribution in [3.05, 3.63) is 29.8 Å². The first-order chi connectivity index (χ1) is 7.08. The number of amides is 2. The van der Waals surface area contributed by atoms with Gasteiger partial charge in [0.25, 0.3) is 0 Å². The lowest BCUT2D eigenvalue weighted by Crippen LogP contribution is -2.35. The van der Waals surface area contributed by atoms with E-state index in [2.05, 4.69) is 22.9 Å². The van der Waals surface area contributed by atoms with E-state index in [0.717, 1.165) is 11.3 Å². The average Bonchev–Trinajstić information content (AvgIpc) is 2.19. The molecule has 0 saturated carbocycles. The topological polar surface area (TPSA) is 67.2 Å². The summed E-state index contributed by atoms with van der Waals surface area (Å²) < 4.78 is 0. The summed E-state index contributed by atoms with van der Waals surface area (Å²) in [7, 11) is 0. The van der Waals surface area contributed by atoms with Crippen LogP contribution in [0.5, 0.6) is 0 Å². The van der Waals surface area contributed by atoms with Crippen molar-refractivity contribution in [3.8, 4) is 0 Å². The molecule has 5 heteroatoms. The molecule has 0 aliphatic rings. The van der Waals surface area contributed by atoms with Crippen LogP contribution in [0.2, 0.25) is 0 Å². The van der Waals surface area contributed by atoms with Crippen molar-refractivity contribution in [3.63, 3.8) is 0 Å². The molecule has 0 aliphatic carbocycles. The Balaban J connectivity index is 2.44. The smallest absolute Gasteiger partial charge is 0.319 e. The number of thiocarbonyl (C=S) groups is 1. The number of carbonyl (C=O) groups excluding carboxylic acids is 1. The number of urea groups is 1. The van der Waals surface area contributed by atoms with Crippen molar-refractivity contribution in [2.45, 2.75) is 6.92 Å². The minimum atomic E-state index is -0.313. The van der Waals surface area contributed by atoms with Gasteiger partial charge in [0.2, 0.25) is 0 Å². The Labute approximate surface area is 93.9 Å². The summed E-state index contributed by atoms with van der Waals surface area (Å²) in [6.45, 7) is 2.18. The van der Waals surface area contributed by atoms with E-state index in [1.165, 1.54) is 0 Å². The highest BCUT2D eigenvalue weighted by Crippen LogP contribution is 2.07. The number of rotatable bonds is 3. The Morgan fingerprint density at radius 2 is 2.00 bits per heavy atom. The first-order valence-electron chi connectivity index (χ1n) is 4.48. The maximum atomic E-state index is 11.3. The molecule has 0 saturated heterocycles. The van der Waals surface area contributed by atoms with Gasteiger partial charge in [-0.3, -0.25) is 0 Å². The molecule has 4 N–H and O–H groups in total. The lowest BCUT2D eigenvalue weighted by Gasteiger charge is -2.06. The lowest BCUT2D eigenvalue weighted by atomic mass is 10.2. The molecule has 0 aromatic heterocycles. The number of carbonyl (C=O) groups is 1. The summed E-state index contributed by atoms with van der Waals surface area (Å²) >= 11 is 4.63. The van der Waals surface area contributed by atoms with Gasteiger partial charge >= 0.3 is 6.03 Å². The number of nitrogens with two attached hydrogens (primary N) is 1. The van der Waals surface area contributed by atoms with Gasteiger partial charge in [-0.15, -0.1) is 0 Å². The second-order valence-corrected chi connectivity index (χ2v) is 3.66. The van der Waals surface area contributed by atoms with Gasteiger partial charge in [0, 0.05) is 5.69 Å². The summed E-state index contributed by atoms with van der Waals surface area (Å²) in [6.07, 6.45) is 0. The van der Waals surface area contributed by atoms with Crippen LogP contribution in [0.3, 0.4) is 0 Å². The third kappa shape index (κ3) is 4.42. The number of aryl methyl sites for hydroxylation is 1.